The normalized spacial score (nSPS) is 18.8. The maximum Gasteiger partial charge on any atom is 0.0395 e. The Hall–Kier alpha value is -0.900. The molecule has 0 spiro atoms. The first kappa shape index (κ1) is 8.69. The SMILES string of the molecule is c1ccc(CN2CCCNN2)cc1. The molecule has 0 radical (unpaired) electrons. The van der Waals surface area contributed by atoms with Gasteiger partial charge in [-0.1, -0.05) is 30.3 Å². The first-order chi connectivity index (χ1) is 6.45. The second-order valence-electron chi connectivity index (χ2n) is 3.30. The third kappa shape index (κ3) is 2.52. The van der Waals surface area contributed by atoms with Crippen LogP contribution in [0.5, 0.6) is 0 Å². The summed E-state index contributed by atoms with van der Waals surface area (Å²) < 4.78 is 0. The minimum atomic E-state index is 0.966. The smallest absolute Gasteiger partial charge is 0.0395 e. The van der Waals surface area contributed by atoms with Crippen molar-refractivity contribution in [3.63, 3.8) is 0 Å². The molecule has 1 aromatic carbocycles. The minimum absolute atomic E-state index is 0.966. The Balaban J connectivity index is 1.90. The van der Waals surface area contributed by atoms with Gasteiger partial charge in [0.25, 0.3) is 0 Å². The Morgan fingerprint density at radius 2 is 2.08 bits per heavy atom. The predicted molar refractivity (Wildman–Crippen MR) is 52.6 cm³/mol. The second-order valence-corrected chi connectivity index (χ2v) is 3.30. The van der Waals surface area contributed by atoms with Crippen LogP contribution in [0.1, 0.15) is 12.0 Å². The molecule has 3 nitrogen and oxygen atoms in total. The molecule has 0 aromatic heterocycles. The minimum Gasteiger partial charge on any atom is -0.244 e. The monoisotopic (exact) mass is 177 g/mol. The fourth-order valence-corrected chi connectivity index (χ4v) is 1.50. The van der Waals surface area contributed by atoms with Crippen molar-refractivity contribution < 1.29 is 0 Å². The number of rotatable bonds is 2. The van der Waals surface area contributed by atoms with E-state index in [-0.39, 0.29) is 0 Å². The molecule has 0 amide bonds. The molecule has 1 aromatic rings. The van der Waals surface area contributed by atoms with Crippen molar-refractivity contribution in [2.24, 2.45) is 0 Å². The fourth-order valence-electron chi connectivity index (χ4n) is 1.50. The van der Waals surface area contributed by atoms with E-state index in [1.807, 2.05) is 6.07 Å². The average Bonchev–Trinajstić information content (AvgIpc) is 2.21. The first-order valence-electron chi connectivity index (χ1n) is 4.72. The van der Waals surface area contributed by atoms with Crippen molar-refractivity contribution in [1.82, 2.24) is 16.0 Å². The summed E-state index contributed by atoms with van der Waals surface area (Å²) in [5.41, 5.74) is 7.63. The molecule has 1 aliphatic heterocycles. The van der Waals surface area contributed by atoms with Crippen LogP contribution in [0, 0.1) is 0 Å². The summed E-state index contributed by atoms with van der Waals surface area (Å²) in [4.78, 5) is 0. The Kier molecular flexibility index (Phi) is 2.92. The second kappa shape index (κ2) is 4.37. The molecule has 3 heteroatoms. The Bertz CT molecular complexity index is 242. The molecular weight excluding hydrogens is 162 g/mol. The summed E-state index contributed by atoms with van der Waals surface area (Å²) in [5, 5.41) is 2.19. The van der Waals surface area contributed by atoms with Crippen molar-refractivity contribution >= 4 is 0 Å². The topological polar surface area (TPSA) is 27.3 Å². The van der Waals surface area contributed by atoms with Crippen molar-refractivity contribution in [3.8, 4) is 0 Å². The van der Waals surface area contributed by atoms with Crippen LogP contribution in [-0.2, 0) is 6.54 Å². The van der Waals surface area contributed by atoms with Crippen molar-refractivity contribution in [2.45, 2.75) is 13.0 Å². The Morgan fingerprint density at radius 3 is 2.77 bits per heavy atom. The molecule has 0 unspecified atom stereocenters. The van der Waals surface area contributed by atoms with Gasteiger partial charge in [-0.15, -0.1) is 0 Å². The summed E-state index contributed by atoms with van der Waals surface area (Å²) in [6.07, 6.45) is 1.21. The molecule has 0 bridgehead atoms. The van der Waals surface area contributed by atoms with E-state index in [1.165, 1.54) is 12.0 Å². The molecule has 1 aliphatic rings. The van der Waals surface area contributed by atoms with Crippen LogP contribution in [0.3, 0.4) is 0 Å². The number of hydrogen-bond donors (Lipinski definition) is 2. The maximum absolute atomic E-state index is 3.15. The van der Waals surface area contributed by atoms with E-state index in [4.69, 9.17) is 0 Å². The van der Waals surface area contributed by atoms with Gasteiger partial charge in [-0.25, -0.2) is 10.4 Å². The summed E-state index contributed by atoms with van der Waals surface area (Å²) in [5.74, 6) is 0. The summed E-state index contributed by atoms with van der Waals surface area (Å²) in [6.45, 7) is 3.14. The van der Waals surface area contributed by atoms with Gasteiger partial charge in [-0.05, 0) is 12.0 Å². The van der Waals surface area contributed by atoms with E-state index in [0.29, 0.717) is 0 Å². The van der Waals surface area contributed by atoms with Crippen LogP contribution < -0.4 is 11.0 Å². The highest BCUT2D eigenvalue weighted by atomic mass is 15.7. The third-order valence-electron chi connectivity index (χ3n) is 2.18. The molecule has 1 heterocycles. The highest BCUT2D eigenvalue weighted by Crippen LogP contribution is 2.03. The van der Waals surface area contributed by atoms with Gasteiger partial charge < -0.3 is 0 Å². The fraction of sp³-hybridized carbons (Fsp3) is 0.400. The standard InChI is InChI=1S/C10H15N3/c1-2-5-10(6-3-1)9-13-8-4-7-11-12-13/h1-3,5-6,11-12H,4,7-9H2. The molecule has 0 saturated carbocycles. The molecule has 70 valence electrons. The quantitative estimate of drug-likeness (QED) is 0.703. The van der Waals surface area contributed by atoms with Crippen LogP contribution in [-0.4, -0.2) is 18.1 Å². The Morgan fingerprint density at radius 1 is 1.23 bits per heavy atom. The Labute approximate surface area is 78.7 Å². The lowest BCUT2D eigenvalue weighted by atomic mass is 10.2. The maximum atomic E-state index is 3.15. The van der Waals surface area contributed by atoms with E-state index >= 15 is 0 Å². The molecule has 0 atom stereocenters. The van der Waals surface area contributed by atoms with Gasteiger partial charge in [-0.3, -0.25) is 0 Å². The zero-order valence-corrected chi connectivity index (χ0v) is 7.66. The summed E-state index contributed by atoms with van der Waals surface area (Å²) >= 11 is 0. The van der Waals surface area contributed by atoms with Gasteiger partial charge in [-0.2, -0.15) is 5.53 Å². The largest absolute Gasteiger partial charge is 0.244 e. The number of benzene rings is 1. The lowest BCUT2D eigenvalue weighted by Crippen LogP contribution is -2.52. The lowest BCUT2D eigenvalue weighted by molar-refractivity contribution is 0.109. The summed E-state index contributed by atoms with van der Waals surface area (Å²) in [7, 11) is 0. The molecule has 13 heavy (non-hydrogen) atoms. The number of nitrogens with zero attached hydrogens (tertiary/aromatic N) is 1. The zero-order valence-electron chi connectivity index (χ0n) is 7.66. The van der Waals surface area contributed by atoms with Crippen molar-refractivity contribution in [1.29, 1.82) is 0 Å². The molecule has 2 N–H and O–H groups in total. The van der Waals surface area contributed by atoms with E-state index in [0.717, 1.165) is 19.6 Å². The predicted octanol–water partition coefficient (Wildman–Crippen LogP) is 0.901. The molecule has 1 saturated heterocycles. The molecule has 0 aliphatic carbocycles. The first-order valence-corrected chi connectivity index (χ1v) is 4.72. The molecule has 2 rings (SSSR count). The van der Waals surface area contributed by atoms with Crippen LogP contribution in [0.25, 0.3) is 0 Å². The van der Waals surface area contributed by atoms with Crippen molar-refractivity contribution in [3.05, 3.63) is 35.9 Å². The van der Waals surface area contributed by atoms with Crippen LogP contribution in [0.15, 0.2) is 30.3 Å². The van der Waals surface area contributed by atoms with Gasteiger partial charge in [0.05, 0.1) is 0 Å². The van der Waals surface area contributed by atoms with Crippen molar-refractivity contribution in [2.75, 3.05) is 13.1 Å². The number of nitrogens with one attached hydrogen (secondary N) is 2. The lowest BCUT2D eigenvalue weighted by Gasteiger charge is -2.28. The van der Waals surface area contributed by atoms with Gasteiger partial charge >= 0.3 is 0 Å². The zero-order chi connectivity index (χ0) is 8.93. The van der Waals surface area contributed by atoms with E-state index in [2.05, 4.69) is 40.2 Å². The van der Waals surface area contributed by atoms with E-state index in [1.54, 1.807) is 0 Å². The van der Waals surface area contributed by atoms with Gasteiger partial charge in [0.2, 0.25) is 0 Å². The third-order valence-corrected chi connectivity index (χ3v) is 2.18. The van der Waals surface area contributed by atoms with Gasteiger partial charge in [0.15, 0.2) is 0 Å². The summed E-state index contributed by atoms with van der Waals surface area (Å²) in [6, 6.07) is 10.5. The number of hydrazine groups is 2. The van der Waals surface area contributed by atoms with Crippen LogP contribution >= 0.6 is 0 Å². The highest BCUT2D eigenvalue weighted by Gasteiger charge is 2.08. The highest BCUT2D eigenvalue weighted by molar-refractivity contribution is 5.14. The van der Waals surface area contributed by atoms with Crippen LogP contribution in [0.2, 0.25) is 0 Å². The van der Waals surface area contributed by atoms with Gasteiger partial charge in [0.1, 0.15) is 0 Å². The van der Waals surface area contributed by atoms with E-state index < -0.39 is 0 Å². The van der Waals surface area contributed by atoms with Crippen LogP contribution in [0.4, 0.5) is 0 Å². The average molecular weight is 177 g/mol. The number of hydrogen-bond acceptors (Lipinski definition) is 3. The van der Waals surface area contributed by atoms with Gasteiger partial charge in [0, 0.05) is 19.6 Å². The molecule has 1 fully saturated rings. The molecular formula is C10H15N3. The van der Waals surface area contributed by atoms with E-state index in [9.17, 15) is 0 Å².